The van der Waals surface area contributed by atoms with Crippen molar-refractivity contribution >= 4 is 5.71 Å². The molecule has 4 rings (SSSR count). The van der Waals surface area contributed by atoms with Crippen molar-refractivity contribution < 1.29 is 4.74 Å². The van der Waals surface area contributed by atoms with Crippen molar-refractivity contribution in [3.8, 4) is 5.75 Å². The maximum atomic E-state index is 5.95. The van der Waals surface area contributed by atoms with E-state index in [4.69, 9.17) is 9.73 Å². The summed E-state index contributed by atoms with van der Waals surface area (Å²) in [6.45, 7) is 1.33. The highest BCUT2D eigenvalue weighted by molar-refractivity contribution is 6.15. The molecule has 0 aromatic heterocycles. The van der Waals surface area contributed by atoms with E-state index >= 15 is 0 Å². The lowest BCUT2D eigenvalue weighted by Gasteiger charge is -2.09. The van der Waals surface area contributed by atoms with E-state index in [0.717, 1.165) is 23.6 Å². The highest BCUT2D eigenvalue weighted by atomic mass is 16.5. The van der Waals surface area contributed by atoms with Crippen LogP contribution in [0.15, 0.2) is 83.9 Å². The molecule has 1 heterocycles. The molecule has 3 aromatic rings. The molecule has 0 bridgehead atoms. The van der Waals surface area contributed by atoms with Crippen LogP contribution in [0.2, 0.25) is 0 Å². The van der Waals surface area contributed by atoms with Crippen molar-refractivity contribution in [1.29, 1.82) is 0 Å². The summed E-state index contributed by atoms with van der Waals surface area (Å²) in [7, 11) is 0. The fraction of sp³-hybridized carbons (Fsp3) is 0.0952. The van der Waals surface area contributed by atoms with Crippen LogP contribution < -0.4 is 4.74 Å². The van der Waals surface area contributed by atoms with Crippen LogP contribution in [0.4, 0.5) is 0 Å². The summed E-state index contributed by atoms with van der Waals surface area (Å²) in [4.78, 5) is 4.69. The first-order valence-corrected chi connectivity index (χ1v) is 7.80. The molecule has 2 heteroatoms. The average molecular weight is 299 g/mol. The largest absolute Gasteiger partial charge is 0.489 e. The maximum Gasteiger partial charge on any atom is 0.120 e. The monoisotopic (exact) mass is 299 g/mol. The van der Waals surface area contributed by atoms with Crippen molar-refractivity contribution in [3.63, 3.8) is 0 Å². The third-order valence-electron chi connectivity index (χ3n) is 4.04. The van der Waals surface area contributed by atoms with E-state index in [-0.39, 0.29) is 0 Å². The minimum Gasteiger partial charge on any atom is -0.489 e. The van der Waals surface area contributed by atoms with Crippen LogP contribution in [0.3, 0.4) is 0 Å². The van der Waals surface area contributed by atoms with Gasteiger partial charge in [0.05, 0.1) is 12.3 Å². The topological polar surface area (TPSA) is 21.6 Å². The first kappa shape index (κ1) is 13.8. The predicted octanol–water partition coefficient (Wildman–Crippen LogP) is 4.62. The second kappa shape index (κ2) is 6.09. The van der Waals surface area contributed by atoms with Crippen molar-refractivity contribution in [2.75, 3.05) is 0 Å². The fourth-order valence-electron chi connectivity index (χ4n) is 2.84. The molecule has 3 aromatic carbocycles. The molecule has 0 saturated carbocycles. The van der Waals surface area contributed by atoms with Crippen LogP contribution in [0, 0.1) is 0 Å². The summed E-state index contributed by atoms with van der Waals surface area (Å²) >= 11 is 0. The highest BCUT2D eigenvalue weighted by Gasteiger charge is 2.17. The van der Waals surface area contributed by atoms with E-state index in [1.165, 1.54) is 16.7 Å². The molecule has 1 aliphatic heterocycles. The lowest BCUT2D eigenvalue weighted by molar-refractivity contribution is 0.306. The summed E-state index contributed by atoms with van der Waals surface area (Å²) in [5.74, 6) is 0.887. The van der Waals surface area contributed by atoms with Crippen LogP contribution >= 0.6 is 0 Å². The van der Waals surface area contributed by atoms with Crippen molar-refractivity contribution in [1.82, 2.24) is 0 Å². The first-order chi connectivity index (χ1) is 11.4. The van der Waals surface area contributed by atoms with Crippen LogP contribution in [-0.4, -0.2) is 5.71 Å². The quantitative estimate of drug-likeness (QED) is 0.689. The van der Waals surface area contributed by atoms with Gasteiger partial charge >= 0.3 is 0 Å². The standard InChI is InChI=1S/C21H17NO/c1-3-7-16(8-4-1)15-23-19-12-11-18-14-22-21(20(18)13-19)17-9-5-2-6-10-17/h1-13H,14-15H2. The molecular formula is C21H17NO. The highest BCUT2D eigenvalue weighted by Crippen LogP contribution is 2.27. The van der Waals surface area contributed by atoms with E-state index in [9.17, 15) is 0 Å². The number of benzene rings is 3. The summed E-state index contributed by atoms with van der Waals surface area (Å²) in [6.07, 6.45) is 0. The average Bonchev–Trinajstić information content (AvgIpc) is 3.05. The number of nitrogens with zero attached hydrogens (tertiary/aromatic N) is 1. The molecular weight excluding hydrogens is 282 g/mol. The smallest absolute Gasteiger partial charge is 0.120 e. The van der Waals surface area contributed by atoms with E-state index in [2.05, 4.69) is 36.4 Å². The second-order valence-corrected chi connectivity index (χ2v) is 5.62. The number of rotatable bonds is 4. The van der Waals surface area contributed by atoms with Gasteiger partial charge < -0.3 is 4.74 Å². The number of hydrogen-bond donors (Lipinski definition) is 0. The molecule has 2 nitrogen and oxygen atoms in total. The van der Waals surface area contributed by atoms with Gasteiger partial charge in [-0.2, -0.15) is 0 Å². The normalized spacial score (nSPS) is 12.6. The van der Waals surface area contributed by atoms with Crippen molar-refractivity contribution in [3.05, 3.63) is 101 Å². The molecule has 0 saturated heterocycles. The van der Waals surface area contributed by atoms with Gasteiger partial charge in [-0.15, -0.1) is 0 Å². The summed E-state index contributed by atoms with van der Waals surface area (Å²) in [6, 6.07) is 26.8. The molecule has 23 heavy (non-hydrogen) atoms. The second-order valence-electron chi connectivity index (χ2n) is 5.62. The van der Waals surface area contributed by atoms with Crippen LogP contribution in [0.25, 0.3) is 0 Å². The number of ether oxygens (including phenoxy) is 1. The van der Waals surface area contributed by atoms with E-state index < -0.39 is 0 Å². The Labute approximate surface area is 136 Å². The lowest BCUT2D eigenvalue weighted by atomic mass is 10.00. The summed E-state index contributed by atoms with van der Waals surface area (Å²) in [5.41, 5.74) is 5.83. The molecule has 0 N–H and O–H groups in total. The van der Waals surface area contributed by atoms with Crippen molar-refractivity contribution in [2.45, 2.75) is 13.2 Å². The van der Waals surface area contributed by atoms with Crippen molar-refractivity contribution in [2.24, 2.45) is 4.99 Å². The first-order valence-electron chi connectivity index (χ1n) is 7.80. The molecule has 1 aliphatic rings. The summed E-state index contributed by atoms with van der Waals surface area (Å²) in [5, 5.41) is 0. The van der Waals surface area contributed by atoms with Gasteiger partial charge in [-0.3, -0.25) is 4.99 Å². The van der Waals surface area contributed by atoms with Gasteiger partial charge in [-0.1, -0.05) is 66.7 Å². The van der Waals surface area contributed by atoms with Gasteiger partial charge in [-0.05, 0) is 23.3 Å². The van der Waals surface area contributed by atoms with Gasteiger partial charge in [0.2, 0.25) is 0 Å². The Kier molecular flexibility index (Phi) is 3.65. The summed E-state index contributed by atoms with van der Waals surface area (Å²) < 4.78 is 5.95. The Bertz CT molecular complexity index is 838. The fourth-order valence-corrected chi connectivity index (χ4v) is 2.84. The SMILES string of the molecule is c1ccc(COc2ccc3c(c2)C(c2ccccc2)=NC3)cc1. The predicted molar refractivity (Wildman–Crippen MR) is 93.0 cm³/mol. The molecule has 0 fully saturated rings. The van der Waals surface area contributed by atoms with E-state index in [1.807, 2.05) is 42.5 Å². The van der Waals surface area contributed by atoms with Gasteiger partial charge in [-0.25, -0.2) is 0 Å². The van der Waals surface area contributed by atoms with Gasteiger partial charge in [0.25, 0.3) is 0 Å². The van der Waals surface area contributed by atoms with Gasteiger partial charge in [0.1, 0.15) is 12.4 Å². The Morgan fingerprint density at radius 2 is 1.57 bits per heavy atom. The van der Waals surface area contributed by atoms with E-state index in [0.29, 0.717) is 6.61 Å². The number of aliphatic imine (C=N–C) groups is 1. The zero-order valence-corrected chi connectivity index (χ0v) is 12.8. The zero-order valence-electron chi connectivity index (χ0n) is 12.8. The minimum absolute atomic E-state index is 0.581. The number of hydrogen-bond acceptors (Lipinski definition) is 2. The van der Waals surface area contributed by atoms with E-state index in [1.54, 1.807) is 0 Å². The Morgan fingerprint density at radius 3 is 2.35 bits per heavy atom. The van der Waals surface area contributed by atoms with Gasteiger partial charge in [0.15, 0.2) is 0 Å². The van der Waals surface area contributed by atoms with Crippen LogP contribution in [0.5, 0.6) is 5.75 Å². The van der Waals surface area contributed by atoms with Crippen LogP contribution in [0.1, 0.15) is 22.3 Å². The maximum absolute atomic E-state index is 5.95. The third-order valence-corrected chi connectivity index (χ3v) is 4.04. The zero-order chi connectivity index (χ0) is 15.5. The van der Waals surface area contributed by atoms with Crippen LogP contribution in [-0.2, 0) is 13.2 Å². The lowest BCUT2D eigenvalue weighted by Crippen LogP contribution is -2.02. The molecule has 0 radical (unpaired) electrons. The number of fused-ring (bicyclic) bond motifs is 1. The molecule has 0 atom stereocenters. The minimum atomic E-state index is 0.581. The molecule has 0 unspecified atom stereocenters. The molecule has 112 valence electrons. The Balaban J connectivity index is 1.57. The van der Waals surface area contributed by atoms with Gasteiger partial charge in [0, 0.05) is 11.1 Å². The Morgan fingerprint density at radius 1 is 0.826 bits per heavy atom. The molecule has 0 spiro atoms. The third kappa shape index (κ3) is 2.88. The molecule has 0 aliphatic carbocycles. The Hall–Kier alpha value is -2.87. The molecule has 0 amide bonds.